The van der Waals surface area contributed by atoms with Gasteiger partial charge in [-0.3, -0.25) is 20.3 Å². The summed E-state index contributed by atoms with van der Waals surface area (Å²) in [6, 6.07) is 14.6. The molecule has 0 radical (unpaired) electrons. The average molecular weight is 653 g/mol. The molecule has 244 valence electrons. The van der Waals surface area contributed by atoms with Crippen LogP contribution in [-0.2, 0) is 35.0 Å². The van der Waals surface area contributed by atoms with Crippen LogP contribution >= 0.6 is 11.6 Å². The van der Waals surface area contributed by atoms with Crippen molar-refractivity contribution in [3.8, 4) is 0 Å². The summed E-state index contributed by atoms with van der Waals surface area (Å²) in [7, 11) is 1.37. The first kappa shape index (κ1) is 35.5. The first-order chi connectivity index (χ1) is 22.2. The minimum Gasteiger partial charge on any atom is -0.469 e. The fourth-order valence-corrected chi connectivity index (χ4v) is 4.68. The fraction of sp³-hybridized carbons (Fsp3) is 0.303. The number of benzene rings is 2. The number of ether oxygens (including phenoxy) is 4. The van der Waals surface area contributed by atoms with Gasteiger partial charge in [-0.25, -0.2) is 9.59 Å². The van der Waals surface area contributed by atoms with Crippen LogP contribution in [0.25, 0.3) is 5.57 Å². The number of amides is 2. The van der Waals surface area contributed by atoms with E-state index in [4.69, 9.17) is 31.2 Å². The van der Waals surface area contributed by atoms with Gasteiger partial charge in [0.15, 0.2) is 0 Å². The molecule has 2 aromatic rings. The minimum atomic E-state index is -0.792. The number of hydrogen-bond acceptors (Lipinski definition) is 10. The summed E-state index contributed by atoms with van der Waals surface area (Å²) in [4.78, 5) is 50.6. The molecular formula is C33H37ClN4O8. The molecule has 2 aromatic carbocycles. The van der Waals surface area contributed by atoms with Crippen LogP contribution in [0.5, 0.6) is 0 Å². The summed E-state index contributed by atoms with van der Waals surface area (Å²) in [6.45, 7) is 9.99. The van der Waals surface area contributed by atoms with Crippen molar-refractivity contribution in [2.45, 2.75) is 12.8 Å². The number of hydrogen-bond donors (Lipinski definition) is 2. The largest absolute Gasteiger partial charge is 0.469 e. The number of anilines is 1. The molecule has 2 amide bonds. The van der Waals surface area contributed by atoms with Gasteiger partial charge in [-0.1, -0.05) is 49.6 Å². The molecule has 1 saturated heterocycles. The molecule has 2 aliphatic heterocycles. The Morgan fingerprint density at radius 2 is 1.63 bits per heavy atom. The maximum atomic E-state index is 13.8. The highest BCUT2D eigenvalue weighted by Crippen LogP contribution is 2.34. The van der Waals surface area contributed by atoms with E-state index in [1.54, 1.807) is 29.2 Å². The number of methoxy groups -OCH3 is 1. The lowest BCUT2D eigenvalue weighted by Gasteiger charge is -2.30. The highest BCUT2D eigenvalue weighted by Gasteiger charge is 2.35. The number of aryl methyl sites for hydroxylation is 1. The van der Waals surface area contributed by atoms with Crippen LogP contribution in [0.1, 0.15) is 23.1 Å². The van der Waals surface area contributed by atoms with Crippen LogP contribution in [-0.4, -0.2) is 87.3 Å². The predicted molar refractivity (Wildman–Crippen MR) is 174 cm³/mol. The Morgan fingerprint density at radius 1 is 1.00 bits per heavy atom. The van der Waals surface area contributed by atoms with E-state index < -0.39 is 11.5 Å². The van der Waals surface area contributed by atoms with Crippen LogP contribution in [0.3, 0.4) is 0 Å². The monoisotopic (exact) mass is 652 g/mol. The summed E-state index contributed by atoms with van der Waals surface area (Å²) in [5.74, 6) is -0.487. The highest BCUT2D eigenvalue weighted by molar-refractivity contribution is 6.61. The van der Waals surface area contributed by atoms with Gasteiger partial charge in [0, 0.05) is 48.1 Å². The number of nitrogens with zero attached hydrogens (tertiary/aromatic N) is 2. The van der Waals surface area contributed by atoms with Crippen LogP contribution in [0.4, 0.5) is 15.3 Å². The van der Waals surface area contributed by atoms with Crippen molar-refractivity contribution in [1.29, 1.82) is 5.41 Å². The van der Waals surface area contributed by atoms with Gasteiger partial charge in [0.1, 0.15) is 19.0 Å². The number of halogens is 1. The van der Waals surface area contributed by atoms with Gasteiger partial charge in [0.25, 0.3) is 5.91 Å². The zero-order valence-corrected chi connectivity index (χ0v) is 26.3. The van der Waals surface area contributed by atoms with E-state index >= 15 is 0 Å². The van der Waals surface area contributed by atoms with Crippen LogP contribution in [0.2, 0.25) is 0 Å². The second-order valence-electron chi connectivity index (χ2n) is 9.86. The number of morpholine rings is 1. The number of rotatable bonds is 11. The molecule has 12 nitrogen and oxygen atoms in total. The van der Waals surface area contributed by atoms with Gasteiger partial charge in [0.2, 0.25) is 0 Å². The molecule has 0 bridgehead atoms. The van der Waals surface area contributed by atoms with E-state index in [9.17, 15) is 19.2 Å². The number of amidine groups is 1. The molecule has 0 aliphatic carbocycles. The molecule has 2 N–H and O–H groups in total. The molecule has 0 aromatic heterocycles. The predicted octanol–water partition coefficient (Wildman–Crippen LogP) is 4.67. The molecule has 0 spiro atoms. The van der Waals surface area contributed by atoms with Gasteiger partial charge in [-0.2, -0.15) is 0 Å². The molecule has 0 atom stereocenters. The number of carbonyl (C=O) groups excluding carboxylic acids is 4. The Labute approximate surface area is 272 Å². The molecule has 13 heteroatoms. The molecule has 2 heterocycles. The van der Waals surface area contributed by atoms with Gasteiger partial charge in [0.05, 0.1) is 32.4 Å². The van der Waals surface area contributed by atoms with Gasteiger partial charge < -0.3 is 28.7 Å². The SMILES string of the molecule is C=CCOC(=O)Cl.C=CCOC(=O)NC(=N)c1ccc(N2CC(N3CCOCC3)=C(c3ccc(CCC(=O)OC)cc3)C2=O)cc1. The van der Waals surface area contributed by atoms with Crippen molar-refractivity contribution in [3.05, 3.63) is 96.2 Å². The fourth-order valence-electron chi connectivity index (χ4n) is 4.61. The zero-order valence-electron chi connectivity index (χ0n) is 25.6. The Balaban J connectivity index is 0.000000738. The topological polar surface area (TPSA) is 148 Å². The second-order valence-corrected chi connectivity index (χ2v) is 10.2. The average Bonchev–Trinajstić information content (AvgIpc) is 3.42. The second kappa shape index (κ2) is 18.1. The minimum absolute atomic E-state index is 0.0478. The first-order valence-corrected chi connectivity index (χ1v) is 14.8. The van der Waals surface area contributed by atoms with Crippen molar-refractivity contribution in [1.82, 2.24) is 10.2 Å². The molecule has 4 rings (SSSR count). The van der Waals surface area contributed by atoms with Crippen molar-refractivity contribution in [3.63, 3.8) is 0 Å². The zero-order chi connectivity index (χ0) is 33.5. The third kappa shape index (κ3) is 10.3. The lowest BCUT2D eigenvalue weighted by atomic mass is 10.0. The van der Waals surface area contributed by atoms with E-state index in [1.165, 1.54) is 19.3 Å². The summed E-state index contributed by atoms with van der Waals surface area (Å²) >= 11 is 4.75. The Hall–Kier alpha value is -4.94. The number of esters is 1. The Morgan fingerprint density at radius 3 is 2.20 bits per heavy atom. The molecule has 0 unspecified atom stereocenters. The Kier molecular flexibility index (Phi) is 14.0. The summed E-state index contributed by atoms with van der Waals surface area (Å²) in [5.41, 5.74) is 3.74. The summed E-state index contributed by atoms with van der Waals surface area (Å²) in [5, 5.41) is 10.5. The van der Waals surface area contributed by atoms with Crippen molar-refractivity contribution >= 4 is 52.1 Å². The van der Waals surface area contributed by atoms with Gasteiger partial charge >= 0.3 is 17.5 Å². The molecule has 0 saturated carbocycles. The van der Waals surface area contributed by atoms with E-state index in [-0.39, 0.29) is 30.9 Å². The third-order valence-corrected chi connectivity index (χ3v) is 6.99. The van der Waals surface area contributed by atoms with E-state index in [0.717, 1.165) is 16.8 Å². The maximum Gasteiger partial charge on any atom is 0.413 e. The van der Waals surface area contributed by atoms with Crippen molar-refractivity contribution in [2.24, 2.45) is 0 Å². The quantitative estimate of drug-likeness (QED) is 0.0883. The number of nitrogens with one attached hydrogen (secondary N) is 2. The lowest BCUT2D eigenvalue weighted by Crippen LogP contribution is -2.37. The number of alkyl carbamates (subject to hydrolysis) is 1. The number of carbonyl (C=O) groups is 4. The van der Waals surface area contributed by atoms with E-state index in [1.807, 2.05) is 24.3 Å². The summed E-state index contributed by atoms with van der Waals surface area (Å²) in [6.07, 6.45) is 3.01. The first-order valence-electron chi connectivity index (χ1n) is 14.4. The highest BCUT2D eigenvalue weighted by atomic mass is 35.5. The molecule has 1 fully saturated rings. The van der Waals surface area contributed by atoms with Crippen LogP contribution in [0.15, 0.2) is 79.5 Å². The van der Waals surface area contributed by atoms with Crippen LogP contribution in [0, 0.1) is 5.41 Å². The maximum absolute atomic E-state index is 13.8. The smallest absolute Gasteiger partial charge is 0.413 e. The van der Waals surface area contributed by atoms with Crippen molar-refractivity contribution in [2.75, 3.05) is 58.1 Å². The van der Waals surface area contributed by atoms with Crippen molar-refractivity contribution < 1.29 is 38.1 Å². The third-order valence-electron chi connectivity index (χ3n) is 6.88. The molecule has 2 aliphatic rings. The molecule has 46 heavy (non-hydrogen) atoms. The summed E-state index contributed by atoms with van der Waals surface area (Å²) < 4.78 is 19.3. The lowest BCUT2D eigenvalue weighted by molar-refractivity contribution is -0.140. The Bertz CT molecular complexity index is 1450. The van der Waals surface area contributed by atoms with E-state index in [0.29, 0.717) is 62.5 Å². The van der Waals surface area contributed by atoms with Gasteiger partial charge in [-0.05, 0) is 41.8 Å². The standard InChI is InChI=1S/C29H32N4O6.C4H5ClO2/c1-3-16-39-29(36)31-27(30)22-9-11-23(12-10-22)33-19-24(32-14-17-38-18-15-32)26(28(33)35)21-7-4-20(5-8-21)6-13-25(34)37-2;1-2-3-7-4(5)6/h3-5,7-12H,1,6,13-19H2,2H3,(H2,30,31,36);2H,1,3H2. The van der Waals surface area contributed by atoms with E-state index in [2.05, 4.69) is 28.1 Å². The van der Waals surface area contributed by atoms with Gasteiger partial charge in [-0.15, -0.1) is 0 Å². The normalized spacial score (nSPS) is 14.1. The molecular weight excluding hydrogens is 616 g/mol. The van der Waals surface area contributed by atoms with Crippen LogP contribution < -0.4 is 10.2 Å².